The molecule has 11 heteroatoms. The van der Waals surface area contributed by atoms with Gasteiger partial charge in [0.2, 0.25) is 0 Å². The quantitative estimate of drug-likeness (QED) is 0.423. The van der Waals surface area contributed by atoms with Crippen LogP contribution in [-0.2, 0) is 9.84 Å². The minimum Gasteiger partial charge on any atom is -0.386 e. The van der Waals surface area contributed by atoms with Crippen molar-refractivity contribution in [3.8, 4) is 0 Å². The molecule has 3 aliphatic carbocycles. The Morgan fingerprint density at radius 2 is 1.78 bits per heavy atom. The number of aliphatic hydroxyl groups is 2. The number of sulfone groups is 1. The van der Waals surface area contributed by atoms with Gasteiger partial charge in [-0.25, -0.2) is 17.2 Å². The Kier molecular flexibility index (Phi) is 6.56. The molecule has 3 aromatic rings. The minimum absolute atomic E-state index is 0.00127. The Morgan fingerprint density at radius 1 is 1.05 bits per heavy atom. The number of fused-ring (bicyclic) bond motifs is 2. The highest BCUT2D eigenvalue weighted by atomic mass is 35.5. The standard InChI is InChI=1S/C26H23ClF2N2O5S/c27-19-6-4-14(25(33)31-17-5-7-20(28)21(29)13-17)9-23(19)37(35,36)18-11-15-10-16(12-18)26(15,34)24(32)22-3-1-2-8-30-22/h1-9,13,15-16,18,24,32,34H,10-12H2,(H,31,33)/t15?,16?,18?,24-,26?/m1/s1. The third-order valence-electron chi connectivity index (χ3n) is 7.49. The number of aromatic nitrogens is 1. The Labute approximate surface area is 217 Å². The number of benzene rings is 2. The number of nitrogens with one attached hydrogen (secondary N) is 1. The number of halogens is 3. The first-order valence-electron chi connectivity index (χ1n) is 11.6. The van der Waals surface area contributed by atoms with Crippen LogP contribution in [-0.4, -0.2) is 40.4 Å². The summed E-state index contributed by atoms with van der Waals surface area (Å²) >= 11 is 6.24. The lowest BCUT2D eigenvalue weighted by atomic mass is 9.51. The Balaban J connectivity index is 1.36. The number of pyridine rings is 1. The van der Waals surface area contributed by atoms with E-state index in [4.69, 9.17) is 11.6 Å². The minimum atomic E-state index is -4.01. The monoisotopic (exact) mass is 548 g/mol. The molecule has 2 unspecified atom stereocenters. The highest BCUT2D eigenvalue weighted by molar-refractivity contribution is 7.92. The van der Waals surface area contributed by atoms with Crippen molar-refractivity contribution in [3.05, 3.63) is 88.7 Å². The van der Waals surface area contributed by atoms with Gasteiger partial charge in [0.1, 0.15) is 11.7 Å². The smallest absolute Gasteiger partial charge is 0.255 e. The van der Waals surface area contributed by atoms with Gasteiger partial charge in [0.15, 0.2) is 21.5 Å². The molecule has 3 fully saturated rings. The number of carbonyl (C=O) groups excluding carboxylic acids is 1. The average Bonchev–Trinajstić information content (AvgIpc) is 2.90. The number of aliphatic hydroxyl groups excluding tert-OH is 1. The first-order valence-corrected chi connectivity index (χ1v) is 13.6. The van der Waals surface area contributed by atoms with Crippen molar-refractivity contribution in [3.63, 3.8) is 0 Å². The van der Waals surface area contributed by atoms with Crippen LogP contribution in [0, 0.1) is 23.5 Å². The second-order valence-electron chi connectivity index (χ2n) is 9.54. The fourth-order valence-electron chi connectivity index (χ4n) is 5.49. The maximum absolute atomic E-state index is 13.6. The van der Waals surface area contributed by atoms with Crippen LogP contribution in [0.5, 0.6) is 0 Å². The third-order valence-corrected chi connectivity index (χ3v) is 10.1. The molecule has 2 aromatic carbocycles. The van der Waals surface area contributed by atoms with Crippen molar-refractivity contribution in [2.75, 3.05) is 5.32 Å². The molecule has 6 rings (SSSR count). The number of anilines is 1. The summed E-state index contributed by atoms with van der Waals surface area (Å²) in [6.07, 6.45) is 1.08. The lowest BCUT2D eigenvalue weighted by Crippen LogP contribution is -2.64. The molecule has 0 aliphatic heterocycles. The Hall–Kier alpha value is -2.92. The first kappa shape index (κ1) is 25.7. The number of hydrogen-bond acceptors (Lipinski definition) is 6. The molecule has 37 heavy (non-hydrogen) atoms. The molecular weight excluding hydrogens is 526 g/mol. The highest BCUT2D eigenvalue weighted by Gasteiger charge is 2.63. The van der Waals surface area contributed by atoms with Crippen LogP contribution >= 0.6 is 11.6 Å². The predicted octanol–water partition coefficient (Wildman–Crippen LogP) is 4.30. The van der Waals surface area contributed by atoms with E-state index in [2.05, 4.69) is 10.3 Å². The summed E-state index contributed by atoms with van der Waals surface area (Å²) in [7, 11) is -4.01. The fraction of sp³-hybridized carbons (Fsp3) is 0.308. The van der Waals surface area contributed by atoms with Gasteiger partial charge in [-0.15, -0.1) is 0 Å². The topological polar surface area (TPSA) is 117 Å². The maximum Gasteiger partial charge on any atom is 0.255 e. The number of amides is 1. The van der Waals surface area contributed by atoms with Gasteiger partial charge >= 0.3 is 0 Å². The van der Waals surface area contributed by atoms with E-state index >= 15 is 0 Å². The summed E-state index contributed by atoms with van der Waals surface area (Å²) in [6.45, 7) is 0. The van der Waals surface area contributed by atoms with E-state index < -0.39 is 56.2 Å². The van der Waals surface area contributed by atoms with E-state index in [1.54, 1.807) is 18.2 Å². The SMILES string of the molecule is O=C(Nc1ccc(F)c(F)c1)c1ccc(Cl)c(S(=O)(=O)C2CC3CC(C2)C3(O)[C@H](O)c2ccccn2)c1. The predicted molar refractivity (Wildman–Crippen MR) is 132 cm³/mol. The second kappa shape index (κ2) is 9.43. The van der Waals surface area contributed by atoms with Crippen molar-refractivity contribution in [1.82, 2.24) is 4.98 Å². The van der Waals surface area contributed by atoms with E-state index in [0.717, 1.165) is 18.2 Å². The molecule has 3 saturated carbocycles. The number of hydrogen-bond donors (Lipinski definition) is 3. The summed E-state index contributed by atoms with van der Waals surface area (Å²) in [5, 5.41) is 23.6. The van der Waals surface area contributed by atoms with Crippen LogP contribution in [0.3, 0.4) is 0 Å². The second-order valence-corrected chi connectivity index (χ2v) is 12.1. The van der Waals surface area contributed by atoms with Crippen molar-refractivity contribution in [2.24, 2.45) is 11.8 Å². The summed E-state index contributed by atoms with van der Waals surface area (Å²) in [6, 6.07) is 11.6. The number of rotatable bonds is 6. The average molecular weight is 549 g/mol. The zero-order valence-corrected chi connectivity index (χ0v) is 20.9. The molecule has 0 saturated heterocycles. The molecule has 3 aliphatic rings. The van der Waals surface area contributed by atoms with Gasteiger partial charge in [0.25, 0.3) is 5.91 Å². The van der Waals surface area contributed by atoms with Crippen LogP contribution in [0.4, 0.5) is 14.5 Å². The summed E-state index contributed by atoms with van der Waals surface area (Å²) in [5.74, 6) is -3.84. The van der Waals surface area contributed by atoms with Gasteiger partial charge in [0, 0.05) is 23.5 Å². The number of nitrogens with zero attached hydrogens (tertiary/aromatic N) is 1. The zero-order valence-electron chi connectivity index (χ0n) is 19.3. The fourth-order valence-corrected chi connectivity index (χ4v) is 7.89. The van der Waals surface area contributed by atoms with Crippen LogP contribution in [0.25, 0.3) is 0 Å². The van der Waals surface area contributed by atoms with E-state index in [9.17, 15) is 32.2 Å². The largest absolute Gasteiger partial charge is 0.386 e. The normalized spacial score (nSPS) is 25.7. The molecular formula is C26H23ClF2N2O5S. The molecule has 7 nitrogen and oxygen atoms in total. The molecule has 1 heterocycles. The molecule has 3 N–H and O–H groups in total. The molecule has 1 aromatic heterocycles. The first-order chi connectivity index (χ1) is 17.5. The molecule has 0 spiro atoms. The lowest BCUT2D eigenvalue weighted by Gasteiger charge is -2.59. The summed E-state index contributed by atoms with van der Waals surface area (Å²) < 4.78 is 53.8. The Morgan fingerprint density at radius 3 is 2.43 bits per heavy atom. The third kappa shape index (κ3) is 4.41. The van der Waals surface area contributed by atoms with Crippen LogP contribution in [0.15, 0.2) is 65.7 Å². The highest BCUT2D eigenvalue weighted by Crippen LogP contribution is 2.59. The maximum atomic E-state index is 13.6. The molecule has 194 valence electrons. The van der Waals surface area contributed by atoms with Gasteiger partial charge in [-0.05, 0) is 73.6 Å². The van der Waals surface area contributed by atoms with Gasteiger partial charge in [0.05, 0.1) is 20.9 Å². The van der Waals surface area contributed by atoms with Crippen LogP contribution < -0.4 is 5.32 Å². The van der Waals surface area contributed by atoms with Gasteiger partial charge in [-0.1, -0.05) is 17.7 Å². The van der Waals surface area contributed by atoms with Gasteiger partial charge in [-0.3, -0.25) is 9.78 Å². The van der Waals surface area contributed by atoms with E-state index in [1.165, 1.54) is 24.4 Å². The molecule has 1 amide bonds. The van der Waals surface area contributed by atoms with Crippen molar-refractivity contribution in [2.45, 2.75) is 41.1 Å². The zero-order chi connectivity index (χ0) is 26.5. The molecule has 3 atom stereocenters. The molecule has 2 bridgehead atoms. The van der Waals surface area contributed by atoms with Crippen LogP contribution in [0.1, 0.15) is 41.4 Å². The Bertz CT molecular complexity index is 1460. The van der Waals surface area contributed by atoms with E-state index in [1.807, 2.05) is 0 Å². The van der Waals surface area contributed by atoms with E-state index in [0.29, 0.717) is 12.1 Å². The molecule has 0 radical (unpaired) electrons. The summed E-state index contributed by atoms with van der Waals surface area (Å²) in [4.78, 5) is 16.6. The van der Waals surface area contributed by atoms with Gasteiger partial charge < -0.3 is 15.5 Å². The lowest BCUT2D eigenvalue weighted by molar-refractivity contribution is -0.234. The van der Waals surface area contributed by atoms with Crippen molar-refractivity contribution >= 4 is 33.0 Å². The number of carbonyl (C=O) groups is 1. The van der Waals surface area contributed by atoms with Crippen molar-refractivity contribution in [1.29, 1.82) is 0 Å². The van der Waals surface area contributed by atoms with Crippen molar-refractivity contribution < 1.29 is 32.2 Å². The van der Waals surface area contributed by atoms with E-state index in [-0.39, 0.29) is 34.0 Å². The van der Waals surface area contributed by atoms with Gasteiger partial charge in [-0.2, -0.15) is 0 Å². The van der Waals surface area contributed by atoms with Crippen LogP contribution in [0.2, 0.25) is 5.02 Å². The summed E-state index contributed by atoms with van der Waals surface area (Å²) in [5.41, 5.74) is -1.18.